The quantitative estimate of drug-likeness (QED) is 0.838. The number of carbonyl (C=O) groups excluding carboxylic acids is 1. The number of nitrogens with one attached hydrogen (secondary N) is 1. The van der Waals surface area contributed by atoms with E-state index in [4.69, 9.17) is 4.74 Å². The van der Waals surface area contributed by atoms with E-state index in [9.17, 15) is 4.79 Å². The SMILES string of the molecule is O=C(NCc1ccc(N2CCCC2)cc1)c1ccc(CN2CCOCC2)cc1. The summed E-state index contributed by atoms with van der Waals surface area (Å²) >= 11 is 0. The number of hydrogen-bond acceptors (Lipinski definition) is 4. The van der Waals surface area contributed by atoms with Crippen LogP contribution in [0.15, 0.2) is 48.5 Å². The van der Waals surface area contributed by atoms with E-state index in [1.807, 2.05) is 12.1 Å². The standard InChI is InChI=1S/C23H29N3O2/c27-23(21-7-3-20(4-8-21)18-25-13-15-28-16-14-25)24-17-19-5-9-22(10-6-19)26-11-1-2-12-26/h3-10H,1-2,11-18H2,(H,24,27). The number of carbonyl (C=O) groups is 1. The van der Waals surface area contributed by atoms with Gasteiger partial charge in [0.2, 0.25) is 0 Å². The Kier molecular flexibility index (Phi) is 6.24. The van der Waals surface area contributed by atoms with Gasteiger partial charge in [-0.15, -0.1) is 0 Å². The van der Waals surface area contributed by atoms with Crippen LogP contribution in [0.3, 0.4) is 0 Å². The van der Waals surface area contributed by atoms with Crippen molar-refractivity contribution in [2.45, 2.75) is 25.9 Å². The van der Waals surface area contributed by atoms with E-state index in [0.29, 0.717) is 12.1 Å². The van der Waals surface area contributed by atoms with Gasteiger partial charge < -0.3 is 15.0 Å². The molecule has 5 nitrogen and oxygen atoms in total. The van der Waals surface area contributed by atoms with Crippen LogP contribution in [0.2, 0.25) is 0 Å². The highest BCUT2D eigenvalue weighted by molar-refractivity contribution is 5.94. The highest BCUT2D eigenvalue weighted by Crippen LogP contribution is 2.20. The molecule has 2 aromatic carbocycles. The predicted octanol–water partition coefficient (Wildman–Crippen LogP) is 3.05. The van der Waals surface area contributed by atoms with Gasteiger partial charge in [0.15, 0.2) is 0 Å². The highest BCUT2D eigenvalue weighted by atomic mass is 16.5. The molecule has 1 N–H and O–H groups in total. The Labute approximate surface area is 167 Å². The third-order valence-electron chi connectivity index (χ3n) is 5.59. The van der Waals surface area contributed by atoms with Crippen molar-refractivity contribution in [1.29, 1.82) is 0 Å². The van der Waals surface area contributed by atoms with Crippen LogP contribution in [0, 0.1) is 0 Å². The smallest absolute Gasteiger partial charge is 0.251 e. The third-order valence-corrected chi connectivity index (χ3v) is 5.59. The van der Waals surface area contributed by atoms with Crippen LogP contribution < -0.4 is 10.2 Å². The summed E-state index contributed by atoms with van der Waals surface area (Å²) in [5.74, 6) is -0.0264. The molecule has 5 heteroatoms. The maximum atomic E-state index is 12.4. The van der Waals surface area contributed by atoms with E-state index in [-0.39, 0.29) is 5.91 Å². The summed E-state index contributed by atoms with van der Waals surface area (Å²) in [5, 5.41) is 3.03. The Morgan fingerprint density at radius 1 is 0.857 bits per heavy atom. The molecule has 0 aromatic heterocycles. The molecule has 2 saturated heterocycles. The number of anilines is 1. The van der Waals surface area contributed by atoms with E-state index in [0.717, 1.165) is 51.5 Å². The molecular weight excluding hydrogens is 350 g/mol. The second kappa shape index (κ2) is 9.22. The van der Waals surface area contributed by atoms with Crippen molar-refractivity contribution in [3.63, 3.8) is 0 Å². The van der Waals surface area contributed by atoms with Crippen LogP contribution in [0.1, 0.15) is 34.3 Å². The maximum Gasteiger partial charge on any atom is 0.251 e. The van der Waals surface area contributed by atoms with E-state index in [1.165, 1.54) is 24.1 Å². The Hall–Kier alpha value is -2.37. The van der Waals surface area contributed by atoms with Crippen molar-refractivity contribution in [2.75, 3.05) is 44.3 Å². The number of ether oxygens (including phenoxy) is 1. The molecule has 28 heavy (non-hydrogen) atoms. The van der Waals surface area contributed by atoms with Gasteiger partial charge in [-0.3, -0.25) is 9.69 Å². The highest BCUT2D eigenvalue weighted by Gasteiger charge is 2.13. The van der Waals surface area contributed by atoms with Crippen LogP contribution in [0.25, 0.3) is 0 Å². The molecule has 2 heterocycles. The average Bonchev–Trinajstić information content (AvgIpc) is 3.29. The Morgan fingerprint density at radius 2 is 1.50 bits per heavy atom. The van der Waals surface area contributed by atoms with Gasteiger partial charge >= 0.3 is 0 Å². The van der Waals surface area contributed by atoms with Crippen molar-refractivity contribution in [3.05, 3.63) is 65.2 Å². The molecule has 4 rings (SSSR count). The summed E-state index contributed by atoms with van der Waals surface area (Å²) < 4.78 is 5.39. The summed E-state index contributed by atoms with van der Waals surface area (Å²) in [5.41, 5.74) is 4.35. The van der Waals surface area contributed by atoms with Crippen molar-refractivity contribution >= 4 is 11.6 Å². The number of morpholine rings is 1. The van der Waals surface area contributed by atoms with Gasteiger partial charge in [-0.25, -0.2) is 0 Å². The number of benzene rings is 2. The molecule has 0 unspecified atom stereocenters. The van der Waals surface area contributed by atoms with Gasteiger partial charge in [0.05, 0.1) is 13.2 Å². The van der Waals surface area contributed by atoms with Gasteiger partial charge in [0, 0.05) is 50.5 Å². The van der Waals surface area contributed by atoms with Gasteiger partial charge in [-0.1, -0.05) is 24.3 Å². The van der Waals surface area contributed by atoms with Crippen LogP contribution in [0.4, 0.5) is 5.69 Å². The first-order chi connectivity index (χ1) is 13.8. The fraction of sp³-hybridized carbons (Fsp3) is 0.435. The number of rotatable bonds is 6. The maximum absolute atomic E-state index is 12.4. The zero-order valence-electron chi connectivity index (χ0n) is 16.4. The van der Waals surface area contributed by atoms with E-state index < -0.39 is 0 Å². The lowest BCUT2D eigenvalue weighted by Gasteiger charge is -2.26. The molecule has 148 valence electrons. The second-order valence-corrected chi connectivity index (χ2v) is 7.63. The van der Waals surface area contributed by atoms with Crippen LogP contribution >= 0.6 is 0 Å². The van der Waals surface area contributed by atoms with Crippen molar-refractivity contribution in [2.24, 2.45) is 0 Å². The fourth-order valence-electron chi connectivity index (χ4n) is 3.86. The first-order valence-electron chi connectivity index (χ1n) is 10.3. The molecule has 0 radical (unpaired) electrons. The predicted molar refractivity (Wildman–Crippen MR) is 112 cm³/mol. The molecule has 2 aromatic rings. The topological polar surface area (TPSA) is 44.8 Å². The Morgan fingerprint density at radius 3 is 2.18 bits per heavy atom. The van der Waals surface area contributed by atoms with E-state index in [1.54, 1.807) is 0 Å². The zero-order valence-corrected chi connectivity index (χ0v) is 16.4. The molecule has 2 aliphatic heterocycles. The molecule has 2 aliphatic rings. The third kappa shape index (κ3) is 4.91. The Bertz CT molecular complexity index is 761. The lowest BCUT2D eigenvalue weighted by atomic mass is 10.1. The first-order valence-corrected chi connectivity index (χ1v) is 10.3. The molecule has 0 aliphatic carbocycles. The fourth-order valence-corrected chi connectivity index (χ4v) is 3.86. The largest absolute Gasteiger partial charge is 0.379 e. The molecule has 0 saturated carbocycles. The minimum atomic E-state index is -0.0264. The van der Waals surface area contributed by atoms with Gasteiger partial charge in [0.25, 0.3) is 5.91 Å². The van der Waals surface area contributed by atoms with Crippen molar-refractivity contribution in [3.8, 4) is 0 Å². The number of nitrogens with zero attached hydrogens (tertiary/aromatic N) is 2. The minimum absolute atomic E-state index is 0.0264. The molecular formula is C23H29N3O2. The van der Waals surface area contributed by atoms with Crippen molar-refractivity contribution in [1.82, 2.24) is 10.2 Å². The number of amides is 1. The second-order valence-electron chi connectivity index (χ2n) is 7.63. The van der Waals surface area contributed by atoms with Crippen LogP contribution in [-0.2, 0) is 17.8 Å². The first kappa shape index (κ1) is 19.0. The summed E-state index contributed by atoms with van der Waals surface area (Å²) in [7, 11) is 0. The van der Waals surface area contributed by atoms with Crippen LogP contribution in [0.5, 0.6) is 0 Å². The molecule has 0 atom stereocenters. The van der Waals surface area contributed by atoms with Crippen LogP contribution in [-0.4, -0.2) is 50.2 Å². The zero-order chi connectivity index (χ0) is 19.2. The van der Waals surface area contributed by atoms with E-state index >= 15 is 0 Å². The summed E-state index contributed by atoms with van der Waals surface area (Å²) in [6, 6.07) is 16.5. The molecule has 1 amide bonds. The Balaban J connectivity index is 1.27. The minimum Gasteiger partial charge on any atom is -0.379 e. The monoisotopic (exact) mass is 379 g/mol. The average molecular weight is 380 g/mol. The van der Waals surface area contributed by atoms with E-state index in [2.05, 4.69) is 51.5 Å². The lowest BCUT2D eigenvalue weighted by Crippen LogP contribution is -2.35. The molecule has 2 fully saturated rings. The van der Waals surface area contributed by atoms with Gasteiger partial charge in [-0.05, 0) is 48.2 Å². The van der Waals surface area contributed by atoms with Crippen molar-refractivity contribution < 1.29 is 9.53 Å². The van der Waals surface area contributed by atoms with Gasteiger partial charge in [0.1, 0.15) is 0 Å². The molecule has 0 bridgehead atoms. The van der Waals surface area contributed by atoms with Gasteiger partial charge in [-0.2, -0.15) is 0 Å². The summed E-state index contributed by atoms with van der Waals surface area (Å²) in [6.45, 7) is 7.31. The lowest BCUT2D eigenvalue weighted by molar-refractivity contribution is 0.0342. The number of hydrogen-bond donors (Lipinski definition) is 1. The summed E-state index contributed by atoms with van der Waals surface area (Å²) in [4.78, 5) is 17.2. The summed E-state index contributed by atoms with van der Waals surface area (Å²) in [6.07, 6.45) is 2.56. The molecule has 0 spiro atoms. The normalized spacial score (nSPS) is 17.6.